The van der Waals surface area contributed by atoms with E-state index in [1.165, 1.54) is 25.7 Å². The van der Waals surface area contributed by atoms with Gasteiger partial charge in [-0.3, -0.25) is 0 Å². The van der Waals surface area contributed by atoms with Gasteiger partial charge < -0.3 is 5.11 Å². The molecule has 2 rings (SSSR count). The Balaban J connectivity index is 2.20. The van der Waals surface area contributed by atoms with Crippen LogP contribution in [-0.4, -0.2) is 11.2 Å². The van der Waals surface area contributed by atoms with Crippen LogP contribution in [0.15, 0.2) is 0 Å². The minimum absolute atomic E-state index is 0.0753. The van der Waals surface area contributed by atoms with E-state index in [9.17, 15) is 5.11 Å². The predicted molar refractivity (Wildman–Crippen MR) is 54.5 cm³/mol. The maximum absolute atomic E-state index is 9.96. The van der Waals surface area contributed by atoms with Gasteiger partial charge in [0.05, 0.1) is 6.10 Å². The van der Waals surface area contributed by atoms with Gasteiger partial charge in [-0.15, -0.1) is 0 Å². The van der Waals surface area contributed by atoms with Gasteiger partial charge in [0.2, 0.25) is 0 Å². The second kappa shape index (κ2) is 2.73. The quantitative estimate of drug-likeness (QED) is 0.610. The molecule has 0 aromatic carbocycles. The molecule has 2 aliphatic carbocycles. The van der Waals surface area contributed by atoms with Gasteiger partial charge in [0.15, 0.2) is 0 Å². The summed E-state index contributed by atoms with van der Waals surface area (Å²) in [6.07, 6.45) is 6.44. The SMILES string of the molecule is CC1C2(CCC2)CCC(O)C1(C)C. The first-order valence-electron chi connectivity index (χ1n) is 5.67. The van der Waals surface area contributed by atoms with Crippen LogP contribution in [0.3, 0.4) is 0 Å². The fraction of sp³-hybridized carbons (Fsp3) is 1.00. The van der Waals surface area contributed by atoms with Crippen LogP contribution in [0, 0.1) is 16.7 Å². The fourth-order valence-corrected chi connectivity index (χ4v) is 3.40. The summed E-state index contributed by atoms with van der Waals surface area (Å²) in [5.41, 5.74) is 0.751. The maximum atomic E-state index is 9.96. The van der Waals surface area contributed by atoms with Crippen molar-refractivity contribution in [1.82, 2.24) is 0 Å². The second-order valence-corrected chi connectivity index (χ2v) is 5.81. The first-order chi connectivity index (χ1) is 5.99. The molecule has 1 nitrogen and oxygen atoms in total. The Hall–Kier alpha value is -0.0400. The van der Waals surface area contributed by atoms with E-state index in [0.717, 1.165) is 6.42 Å². The van der Waals surface area contributed by atoms with Gasteiger partial charge in [-0.25, -0.2) is 0 Å². The number of aliphatic hydroxyl groups is 1. The van der Waals surface area contributed by atoms with Crippen LogP contribution in [0.25, 0.3) is 0 Å². The predicted octanol–water partition coefficient (Wildman–Crippen LogP) is 2.97. The lowest BCUT2D eigenvalue weighted by Gasteiger charge is -2.58. The highest BCUT2D eigenvalue weighted by molar-refractivity contribution is 5.03. The third kappa shape index (κ3) is 1.16. The first kappa shape index (κ1) is 9.51. The molecule has 2 fully saturated rings. The smallest absolute Gasteiger partial charge is 0.0594 e. The summed E-state index contributed by atoms with van der Waals surface area (Å²) in [5.74, 6) is 0.692. The van der Waals surface area contributed by atoms with E-state index in [1.807, 2.05) is 0 Å². The van der Waals surface area contributed by atoms with E-state index in [2.05, 4.69) is 20.8 Å². The summed E-state index contributed by atoms with van der Waals surface area (Å²) in [5, 5.41) is 9.96. The van der Waals surface area contributed by atoms with Crippen LogP contribution < -0.4 is 0 Å². The van der Waals surface area contributed by atoms with E-state index in [-0.39, 0.29) is 11.5 Å². The van der Waals surface area contributed by atoms with E-state index in [1.54, 1.807) is 0 Å². The Morgan fingerprint density at radius 1 is 1.15 bits per heavy atom. The molecule has 13 heavy (non-hydrogen) atoms. The Bertz CT molecular complexity index is 201. The molecule has 2 unspecified atom stereocenters. The van der Waals surface area contributed by atoms with E-state index >= 15 is 0 Å². The molecular formula is C12H22O. The maximum Gasteiger partial charge on any atom is 0.0594 e. The van der Waals surface area contributed by atoms with Crippen molar-refractivity contribution in [3.05, 3.63) is 0 Å². The normalized spacial score (nSPS) is 41.5. The molecule has 0 radical (unpaired) electrons. The zero-order chi connectivity index (χ0) is 9.69. The van der Waals surface area contributed by atoms with E-state index < -0.39 is 0 Å². The lowest BCUT2D eigenvalue weighted by atomic mass is 9.48. The van der Waals surface area contributed by atoms with Crippen LogP contribution >= 0.6 is 0 Å². The summed E-state index contributed by atoms with van der Waals surface area (Å²) < 4.78 is 0. The van der Waals surface area contributed by atoms with Gasteiger partial charge in [0.25, 0.3) is 0 Å². The number of aliphatic hydroxyl groups excluding tert-OH is 1. The molecule has 0 saturated heterocycles. The molecule has 1 spiro atoms. The topological polar surface area (TPSA) is 20.2 Å². The Morgan fingerprint density at radius 3 is 2.23 bits per heavy atom. The Kier molecular flexibility index (Phi) is 1.99. The van der Waals surface area contributed by atoms with Crippen molar-refractivity contribution in [2.75, 3.05) is 0 Å². The zero-order valence-corrected chi connectivity index (χ0v) is 9.14. The summed E-state index contributed by atoms with van der Waals surface area (Å²) in [6.45, 7) is 6.82. The highest BCUT2D eigenvalue weighted by atomic mass is 16.3. The van der Waals surface area contributed by atoms with Crippen molar-refractivity contribution in [3.63, 3.8) is 0 Å². The van der Waals surface area contributed by atoms with Crippen LogP contribution in [0.4, 0.5) is 0 Å². The molecule has 76 valence electrons. The molecular weight excluding hydrogens is 160 g/mol. The summed E-state index contributed by atoms with van der Waals surface area (Å²) in [6, 6.07) is 0. The Morgan fingerprint density at radius 2 is 1.77 bits per heavy atom. The summed E-state index contributed by atoms with van der Waals surface area (Å²) in [7, 11) is 0. The van der Waals surface area contributed by atoms with Gasteiger partial charge in [0, 0.05) is 0 Å². The van der Waals surface area contributed by atoms with Crippen LogP contribution in [0.1, 0.15) is 52.9 Å². The van der Waals surface area contributed by atoms with E-state index in [0.29, 0.717) is 11.3 Å². The standard InChI is InChI=1S/C12H22O/c1-9-11(2,3)10(13)5-8-12(9)6-4-7-12/h9-10,13H,4-8H2,1-3H3. The van der Waals surface area contributed by atoms with Crippen molar-refractivity contribution in [1.29, 1.82) is 0 Å². The molecule has 1 N–H and O–H groups in total. The molecule has 0 heterocycles. The first-order valence-corrected chi connectivity index (χ1v) is 5.67. The van der Waals surface area contributed by atoms with Crippen molar-refractivity contribution >= 4 is 0 Å². The monoisotopic (exact) mass is 182 g/mol. The van der Waals surface area contributed by atoms with Crippen molar-refractivity contribution in [2.24, 2.45) is 16.7 Å². The summed E-state index contributed by atoms with van der Waals surface area (Å²) in [4.78, 5) is 0. The van der Waals surface area contributed by atoms with Crippen LogP contribution in [0.5, 0.6) is 0 Å². The third-order valence-electron chi connectivity index (χ3n) is 5.16. The van der Waals surface area contributed by atoms with Crippen molar-refractivity contribution < 1.29 is 5.11 Å². The number of hydrogen-bond donors (Lipinski definition) is 1. The minimum Gasteiger partial charge on any atom is -0.393 e. The van der Waals surface area contributed by atoms with Gasteiger partial charge in [0.1, 0.15) is 0 Å². The average molecular weight is 182 g/mol. The lowest BCUT2D eigenvalue weighted by molar-refractivity contribution is -0.125. The van der Waals surface area contributed by atoms with Gasteiger partial charge in [-0.05, 0) is 42.4 Å². The molecule has 2 aliphatic rings. The molecule has 2 atom stereocenters. The largest absolute Gasteiger partial charge is 0.393 e. The molecule has 0 bridgehead atoms. The Labute approximate surface area is 81.5 Å². The van der Waals surface area contributed by atoms with Crippen LogP contribution in [0.2, 0.25) is 0 Å². The van der Waals surface area contributed by atoms with Gasteiger partial charge >= 0.3 is 0 Å². The molecule has 0 aromatic heterocycles. The molecule has 0 aliphatic heterocycles. The second-order valence-electron chi connectivity index (χ2n) is 5.81. The highest BCUT2D eigenvalue weighted by Crippen LogP contribution is 2.60. The number of rotatable bonds is 0. The fourth-order valence-electron chi connectivity index (χ4n) is 3.40. The van der Waals surface area contributed by atoms with Crippen molar-refractivity contribution in [2.45, 2.75) is 59.0 Å². The summed E-state index contributed by atoms with van der Waals surface area (Å²) >= 11 is 0. The van der Waals surface area contributed by atoms with Crippen LogP contribution in [-0.2, 0) is 0 Å². The van der Waals surface area contributed by atoms with Crippen molar-refractivity contribution in [3.8, 4) is 0 Å². The lowest BCUT2D eigenvalue weighted by Crippen LogP contribution is -2.52. The average Bonchev–Trinajstić information content (AvgIpc) is 1.99. The molecule has 0 amide bonds. The number of hydrogen-bond acceptors (Lipinski definition) is 1. The zero-order valence-electron chi connectivity index (χ0n) is 9.14. The third-order valence-corrected chi connectivity index (χ3v) is 5.16. The van der Waals surface area contributed by atoms with E-state index in [4.69, 9.17) is 0 Å². The highest BCUT2D eigenvalue weighted by Gasteiger charge is 2.53. The molecule has 2 saturated carbocycles. The van der Waals surface area contributed by atoms with Gasteiger partial charge in [-0.2, -0.15) is 0 Å². The molecule has 0 aromatic rings. The van der Waals surface area contributed by atoms with Gasteiger partial charge in [-0.1, -0.05) is 27.2 Å². The minimum atomic E-state index is -0.0753. The molecule has 1 heteroatoms.